The molecule has 0 radical (unpaired) electrons. The van der Waals surface area contributed by atoms with E-state index in [4.69, 9.17) is 16.3 Å². The summed E-state index contributed by atoms with van der Waals surface area (Å²) in [5.41, 5.74) is 0.559. The van der Waals surface area contributed by atoms with Gasteiger partial charge in [0.2, 0.25) is 5.91 Å². The number of hydrogen-bond acceptors (Lipinski definition) is 2. The lowest BCUT2D eigenvalue weighted by molar-refractivity contribution is -0.123. The van der Waals surface area contributed by atoms with Crippen LogP contribution in [0, 0.1) is 23.4 Å². The monoisotopic (exact) mass is 395 g/mol. The van der Waals surface area contributed by atoms with Crippen LogP contribution in [0.3, 0.4) is 0 Å². The Balaban J connectivity index is 1.44. The summed E-state index contributed by atoms with van der Waals surface area (Å²) in [6, 6.07) is 7.77. The molecular formula is C20H17ClF3NO2. The highest BCUT2D eigenvalue weighted by molar-refractivity contribution is 6.30. The number of nitrogens with one attached hydrogen (secondary N) is 1. The summed E-state index contributed by atoms with van der Waals surface area (Å²) in [7, 11) is 0. The number of carbonyl (C=O) groups excluding carboxylic acids is 1. The van der Waals surface area contributed by atoms with Gasteiger partial charge in [0.25, 0.3) is 0 Å². The zero-order valence-electron chi connectivity index (χ0n) is 14.2. The predicted molar refractivity (Wildman–Crippen MR) is 93.9 cm³/mol. The van der Waals surface area contributed by atoms with E-state index < -0.39 is 35.4 Å². The molecule has 1 saturated heterocycles. The number of halogens is 4. The fourth-order valence-electron chi connectivity index (χ4n) is 3.71. The first-order valence-electron chi connectivity index (χ1n) is 8.76. The van der Waals surface area contributed by atoms with Gasteiger partial charge in [-0.15, -0.1) is 0 Å². The molecule has 142 valence electrons. The molecule has 1 N–H and O–H groups in total. The highest BCUT2D eigenvalue weighted by Crippen LogP contribution is 2.49. The second kappa shape index (κ2) is 7.17. The summed E-state index contributed by atoms with van der Waals surface area (Å²) in [5, 5.41) is 2.92. The van der Waals surface area contributed by atoms with E-state index in [2.05, 4.69) is 5.32 Å². The van der Waals surface area contributed by atoms with Crippen molar-refractivity contribution < 1.29 is 22.7 Å². The zero-order chi connectivity index (χ0) is 19.1. The second-order valence-electron chi connectivity index (χ2n) is 6.95. The standard InChI is InChI=1S/C20H17ClF3NO2/c21-13-5-4-10(8-16(13)24)19-17(6-7-27-19)25-20(26)12-9-11(12)18-14(22)2-1-3-15(18)23/h1-5,8,11-12,17,19H,6-7,9H2,(H,25,26)/t11-,12-,17-,19+/m1/s1. The van der Waals surface area contributed by atoms with Crippen molar-refractivity contribution in [2.75, 3.05) is 6.61 Å². The summed E-state index contributed by atoms with van der Waals surface area (Å²) in [4.78, 5) is 12.6. The SMILES string of the molecule is O=C(N[C@@H]1CCO[C@H]1c1ccc(Cl)c(F)c1)[C@@H]1C[C@H]1c1c(F)cccc1F. The summed E-state index contributed by atoms with van der Waals surface area (Å²) >= 11 is 5.71. The minimum absolute atomic E-state index is 0.0186. The number of hydrogen-bond donors (Lipinski definition) is 1. The third-order valence-corrected chi connectivity index (χ3v) is 5.50. The van der Waals surface area contributed by atoms with Crippen molar-refractivity contribution in [3.05, 3.63) is 70.0 Å². The van der Waals surface area contributed by atoms with Gasteiger partial charge in [0.05, 0.1) is 11.1 Å². The van der Waals surface area contributed by atoms with Crippen LogP contribution in [0.4, 0.5) is 13.2 Å². The highest BCUT2D eigenvalue weighted by atomic mass is 35.5. The largest absolute Gasteiger partial charge is 0.371 e. The lowest BCUT2D eigenvalue weighted by Crippen LogP contribution is -2.38. The van der Waals surface area contributed by atoms with Crippen LogP contribution in [0.1, 0.15) is 36.0 Å². The number of rotatable bonds is 4. The van der Waals surface area contributed by atoms with Gasteiger partial charge in [-0.25, -0.2) is 13.2 Å². The Hall–Kier alpha value is -2.05. The molecule has 0 aromatic heterocycles. The van der Waals surface area contributed by atoms with E-state index in [9.17, 15) is 18.0 Å². The number of amides is 1. The molecule has 0 bridgehead atoms. The Kier molecular flexibility index (Phi) is 4.86. The van der Waals surface area contributed by atoms with Gasteiger partial charge in [0, 0.05) is 24.0 Å². The van der Waals surface area contributed by atoms with Gasteiger partial charge < -0.3 is 10.1 Å². The molecule has 1 heterocycles. The van der Waals surface area contributed by atoms with Crippen molar-refractivity contribution in [1.82, 2.24) is 5.32 Å². The van der Waals surface area contributed by atoms with Crippen LogP contribution in [-0.4, -0.2) is 18.6 Å². The Morgan fingerprint density at radius 3 is 2.56 bits per heavy atom. The van der Waals surface area contributed by atoms with Crippen molar-refractivity contribution in [3.63, 3.8) is 0 Å². The molecule has 4 rings (SSSR count). The fraction of sp³-hybridized carbons (Fsp3) is 0.350. The van der Waals surface area contributed by atoms with Crippen LogP contribution in [0.25, 0.3) is 0 Å². The van der Waals surface area contributed by atoms with E-state index >= 15 is 0 Å². The Morgan fingerprint density at radius 2 is 1.85 bits per heavy atom. The van der Waals surface area contributed by atoms with Gasteiger partial charge >= 0.3 is 0 Å². The van der Waals surface area contributed by atoms with Gasteiger partial charge in [-0.3, -0.25) is 4.79 Å². The summed E-state index contributed by atoms with van der Waals surface area (Å²) < 4.78 is 47.2. The minimum Gasteiger partial charge on any atom is -0.371 e. The van der Waals surface area contributed by atoms with Gasteiger partial charge in [0.15, 0.2) is 0 Å². The topological polar surface area (TPSA) is 38.3 Å². The molecule has 2 aromatic carbocycles. The Bertz CT molecular complexity index is 871. The van der Waals surface area contributed by atoms with E-state index in [1.807, 2.05) is 0 Å². The van der Waals surface area contributed by atoms with Crippen LogP contribution in [-0.2, 0) is 9.53 Å². The van der Waals surface area contributed by atoms with Crippen molar-refractivity contribution in [2.45, 2.75) is 30.9 Å². The number of ether oxygens (including phenoxy) is 1. The lowest BCUT2D eigenvalue weighted by atomic mass is 10.0. The molecule has 1 saturated carbocycles. The molecule has 0 unspecified atom stereocenters. The van der Waals surface area contributed by atoms with Gasteiger partial charge in [-0.05, 0) is 42.7 Å². The van der Waals surface area contributed by atoms with Crippen molar-refractivity contribution in [1.29, 1.82) is 0 Å². The molecule has 1 aliphatic carbocycles. The van der Waals surface area contributed by atoms with E-state index in [1.54, 1.807) is 6.07 Å². The third-order valence-electron chi connectivity index (χ3n) is 5.19. The van der Waals surface area contributed by atoms with E-state index in [1.165, 1.54) is 30.3 Å². The molecule has 3 nitrogen and oxygen atoms in total. The van der Waals surface area contributed by atoms with Crippen molar-refractivity contribution >= 4 is 17.5 Å². The smallest absolute Gasteiger partial charge is 0.224 e. The first-order valence-corrected chi connectivity index (χ1v) is 9.14. The summed E-state index contributed by atoms with van der Waals surface area (Å²) in [6.07, 6.45) is 0.493. The third kappa shape index (κ3) is 3.56. The fourth-order valence-corrected chi connectivity index (χ4v) is 3.83. The van der Waals surface area contributed by atoms with Gasteiger partial charge in [-0.2, -0.15) is 0 Å². The molecule has 1 amide bonds. The molecule has 2 aromatic rings. The van der Waals surface area contributed by atoms with E-state index in [0.29, 0.717) is 25.0 Å². The van der Waals surface area contributed by atoms with Gasteiger partial charge in [-0.1, -0.05) is 23.7 Å². The molecule has 27 heavy (non-hydrogen) atoms. The molecule has 7 heteroatoms. The molecule has 2 fully saturated rings. The average Bonchev–Trinajstić information content (AvgIpc) is 3.28. The molecule has 1 aliphatic heterocycles. The first kappa shape index (κ1) is 18.3. The summed E-state index contributed by atoms with van der Waals surface area (Å²) in [6.45, 7) is 0.426. The average molecular weight is 396 g/mol. The maximum absolute atomic E-state index is 13.9. The maximum Gasteiger partial charge on any atom is 0.224 e. The van der Waals surface area contributed by atoms with Crippen molar-refractivity contribution in [3.8, 4) is 0 Å². The first-order chi connectivity index (χ1) is 13.0. The number of carbonyl (C=O) groups is 1. The van der Waals surface area contributed by atoms with Crippen LogP contribution in [0.15, 0.2) is 36.4 Å². The Labute approximate surface area is 159 Å². The quantitative estimate of drug-likeness (QED) is 0.827. The van der Waals surface area contributed by atoms with Crippen molar-refractivity contribution in [2.24, 2.45) is 5.92 Å². The lowest BCUT2D eigenvalue weighted by Gasteiger charge is -2.20. The molecule has 4 atom stereocenters. The van der Waals surface area contributed by atoms with Crippen LogP contribution in [0.2, 0.25) is 5.02 Å². The number of benzene rings is 2. The second-order valence-corrected chi connectivity index (χ2v) is 7.36. The molecule has 0 spiro atoms. The van der Waals surface area contributed by atoms with E-state index in [-0.39, 0.29) is 22.5 Å². The van der Waals surface area contributed by atoms with E-state index in [0.717, 1.165) is 0 Å². The summed E-state index contributed by atoms with van der Waals surface area (Å²) in [5.74, 6) is -3.01. The predicted octanol–water partition coefficient (Wildman–Crippen LogP) is 4.51. The van der Waals surface area contributed by atoms with Crippen LogP contribution in [0.5, 0.6) is 0 Å². The maximum atomic E-state index is 13.9. The highest BCUT2D eigenvalue weighted by Gasteiger charge is 2.47. The van der Waals surface area contributed by atoms with Gasteiger partial charge in [0.1, 0.15) is 23.6 Å². The van der Waals surface area contributed by atoms with Crippen LogP contribution >= 0.6 is 11.6 Å². The van der Waals surface area contributed by atoms with Crippen LogP contribution < -0.4 is 5.32 Å². The zero-order valence-corrected chi connectivity index (χ0v) is 15.0. The normalized spacial score (nSPS) is 26.8. The Morgan fingerprint density at radius 1 is 1.11 bits per heavy atom. The molecule has 2 aliphatic rings. The molecular weight excluding hydrogens is 379 g/mol. The minimum atomic E-state index is -0.631.